The van der Waals surface area contributed by atoms with Crippen LogP contribution in [-0.2, 0) is 11.2 Å². The van der Waals surface area contributed by atoms with Crippen molar-refractivity contribution >= 4 is 17.7 Å². The van der Waals surface area contributed by atoms with Crippen LogP contribution in [0.15, 0.2) is 24.3 Å². The lowest BCUT2D eigenvalue weighted by molar-refractivity contribution is -0.140. The molecule has 1 aromatic rings. The highest BCUT2D eigenvalue weighted by Gasteiger charge is 2.25. The third kappa shape index (κ3) is 4.57. The molecule has 1 aromatic carbocycles. The van der Waals surface area contributed by atoms with Crippen molar-refractivity contribution in [2.45, 2.75) is 39.7 Å². The van der Waals surface area contributed by atoms with E-state index < -0.39 is 18.0 Å². The molecule has 0 aliphatic rings. The zero-order valence-electron chi connectivity index (χ0n) is 12.1. The van der Waals surface area contributed by atoms with Gasteiger partial charge in [-0.05, 0) is 30.0 Å². The number of urea groups is 1. The summed E-state index contributed by atoms with van der Waals surface area (Å²) in [6, 6.07) is 6.11. The minimum atomic E-state index is -1.02. The zero-order chi connectivity index (χ0) is 15.1. The Morgan fingerprint density at radius 1 is 1.30 bits per heavy atom. The summed E-state index contributed by atoms with van der Waals surface area (Å²) in [4.78, 5) is 23.0. The summed E-state index contributed by atoms with van der Waals surface area (Å²) < 4.78 is 0. The van der Waals surface area contributed by atoms with Crippen LogP contribution in [-0.4, -0.2) is 23.1 Å². The maximum absolute atomic E-state index is 11.9. The smallest absolute Gasteiger partial charge is 0.326 e. The second-order valence-corrected chi connectivity index (χ2v) is 4.85. The molecule has 0 fully saturated rings. The van der Waals surface area contributed by atoms with Crippen LogP contribution in [0.2, 0.25) is 0 Å². The summed E-state index contributed by atoms with van der Waals surface area (Å²) in [5.41, 5.74) is 1.77. The predicted molar refractivity (Wildman–Crippen MR) is 78.9 cm³/mol. The lowest BCUT2D eigenvalue weighted by Crippen LogP contribution is -2.46. The average molecular weight is 278 g/mol. The number of amides is 2. The van der Waals surface area contributed by atoms with Gasteiger partial charge in [0.15, 0.2) is 0 Å². The summed E-state index contributed by atoms with van der Waals surface area (Å²) in [6.45, 7) is 5.73. The number of hydrogen-bond donors (Lipinski definition) is 3. The molecule has 0 spiro atoms. The molecule has 0 saturated carbocycles. The molecule has 3 N–H and O–H groups in total. The van der Waals surface area contributed by atoms with E-state index in [1.807, 2.05) is 32.0 Å². The van der Waals surface area contributed by atoms with Gasteiger partial charge in [0.1, 0.15) is 6.04 Å². The Balaban J connectivity index is 2.68. The maximum atomic E-state index is 11.9. The lowest BCUT2D eigenvalue weighted by atomic mass is 9.99. The Labute approximate surface area is 119 Å². The predicted octanol–water partition coefficient (Wildman–Crippen LogP) is 2.87. The molecular weight excluding hydrogens is 256 g/mol. The number of benzene rings is 1. The van der Waals surface area contributed by atoms with Gasteiger partial charge in [0.05, 0.1) is 0 Å². The Morgan fingerprint density at radius 2 is 2.00 bits per heavy atom. The summed E-state index contributed by atoms with van der Waals surface area (Å²) in [5, 5.41) is 14.3. The molecule has 0 aliphatic carbocycles. The molecule has 0 saturated heterocycles. The Bertz CT molecular complexity index is 474. The van der Waals surface area contributed by atoms with Gasteiger partial charge in [-0.3, -0.25) is 0 Å². The summed E-state index contributed by atoms with van der Waals surface area (Å²) >= 11 is 0. The van der Waals surface area contributed by atoms with E-state index in [1.165, 1.54) is 0 Å². The number of carboxylic acid groups (broad SMARTS) is 1. The molecule has 5 nitrogen and oxygen atoms in total. The fourth-order valence-corrected chi connectivity index (χ4v) is 1.86. The summed E-state index contributed by atoms with van der Waals surface area (Å²) in [7, 11) is 0. The molecule has 2 unspecified atom stereocenters. The summed E-state index contributed by atoms with van der Waals surface area (Å²) in [6.07, 6.45) is 1.56. The average Bonchev–Trinajstić information content (AvgIpc) is 2.43. The van der Waals surface area contributed by atoms with Crippen LogP contribution < -0.4 is 10.6 Å². The van der Waals surface area contributed by atoms with Gasteiger partial charge in [0.2, 0.25) is 0 Å². The fraction of sp³-hybridized carbons (Fsp3) is 0.467. The molecule has 0 radical (unpaired) electrons. The monoisotopic (exact) mass is 278 g/mol. The van der Waals surface area contributed by atoms with E-state index in [0.29, 0.717) is 12.1 Å². The van der Waals surface area contributed by atoms with Gasteiger partial charge >= 0.3 is 12.0 Å². The standard InChI is InChI=1S/C15H22N2O3/c1-4-10(3)13(14(18)19)17-15(20)16-12-8-6-7-11(5-2)9-12/h6-10,13H,4-5H2,1-3H3,(H,18,19)(H2,16,17,20). The highest BCUT2D eigenvalue weighted by Crippen LogP contribution is 2.12. The molecule has 0 aromatic heterocycles. The van der Waals surface area contributed by atoms with Crippen molar-refractivity contribution in [3.8, 4) is 0 Å². The third-order valence-corrected chi connectivity index (χ3v) is 3.36. The quantitative estimate of drug-likeness (QED) is 0.748. The molecule has 0 heterocycles. The Morgan fingerprint density at radius 3 is 2.55 bits per heavy atom. The maximum Gasteiger partial charge on any atom is 0.326 e. The lowest BCUT2D eigenvalue weighted by Gasteiger charge is -2.20. The van der Waals surface area contributed by atoms with E-state index in [4.69, 9.17) is 5.11 Å². The van der Waals surface area contributed by atoms with E-state index in [9.17, 15) is 9.59 Å². The van der Waals surface area contributed by atoms with E-state index in [1.54, 1.807) is 13.0 Å². The highest BCUT2D eigenvalue weighted by molar-refractivity contribution is 5.92. The molecule has 2 atom stereocenters. The molecule has 20 heavy (non-hydrogen) atoms. The van der Waals surface area contributed by atoms with Crippen LogP contribution in [0.5, 0.6) is 0 Å². The number of carbonyl (C=O) groups is 2. The second kappa shape index (κ2) is 7.53. The number of nitrogens with one attached hydrogen (secondary N) is 2. The molecule has 1 rings (SSSR count). The molecular formula is C15H22N2O3. The van der Waals surface area contributed by atoms with Crippen LogP contribution in [0.25, 0.3) is 0 Å². The van der Waals surface area contributed by atoms with Crippen LogP contribution in [0.1, 0.15) is 32.8 Å². The van der Waals surface area contributed by atoms with E-state index in [2.05, 4.69) is 10.6 Å². The molecule has 5 heteroatoms. The first-order valence-corrected chi connectivity index (χ1v) is 6.87. The van der Waals surface area contributed by atoms with Crippen molar-refractivity contribution in [3.05, 3.63) is 29.8 Å². The highest BCUT2D eigenvalue weighted by atomic mass is 16.4. The van der Waals surface area contributed by atoms with Gasteiger partial charge in [0, 0.05) is 5.69 Å². The number of aliphatic carboxylic acids is 1. The molecule has 0 aliphatic heterocycles. The van der Waals surface area contributed by atoms with E-state index in [-0.39, 0.29) is 5.92 Å². The summed E-state index contributed by atoms with van der Waals surface area (Å²) in [5.74, 6) is -1.14. The first-order valence-electron chi connectivity index (χ1n) is 6.87. The first-order chi connectivity index (χ1) is 9.47. The van der Waals surface area contributed by atoms with Gasteiger partial charge < -0.3 is 15.7 Å². The minimum Gasteiger partial charge on any atom is -0.480 e. The van der Waals surface area contributed by atoms with Crippen molar-refractivity contribution < 1.29 is 14.7 Å². The number of rotatable bonds is 6. The van der Waals surface area contributed by atoms with Crippen molar-refractivity contribution in [2.24, 2.45) is 5.92 Å². The van der Waals surface area contributed by atoms with Gasteiger partial charge in [-0.25, -0.2) is 9.59 Å². The van der Waals surface area contributed by atoms with Crippen molar-refractivity contribution in [3.63, 3.8) is 0 Å². The minimum absolute atomic E-state index is 0.125. The van der Waals surface area contributed by atoms with Crippen LogP contribution >= 0.6 is 0 Å². The second-order valence-electron chi connectivity index (χ2n) is 4.85. The van der Waals surface area contributed by atoms with Crippen molar-refractivity contribution in [1.82, 2.24) is 5.32 Å². The Hall–Kier alpha value is -2.04. The van der Waals surface area contributed by atoms with Crippen LogP contribution in [0.4, 0.5) is 10.5 Å². The number of carbonyl (C=O) groups excluding carboxylic acids is 1. The van der Waals surface area contributed by atoms with Gasteiger partial charge in [-0.2, -0.15) is 0 Å². The molecule has 110 valence electrons. The van der Waals surface area contributed by atoms with E-state index in [0.717, 1.165) is 12.0 Å². The molecule has 2 amide bonds. The molecule has 0 bridgehead atoms. The fourth-order valence-electron chi connectivity index (χ4n) is 1.86. The first kappa shape index (κ1) is 16.0. The topological polar surface area (TPSA) is 78.4 Å². The van der Waals surface area contributed by atoms with Gasteiger partial charge in [-0.15, -0.1) is 0 Å². The normalized spacial score (nSPS) is 13.3. The van der Waals surface area contributed by atoms with Crippen LogP contribution in [0.3, 0.4) is 0 Å². The largest absolute Gasteiger partial charge is 0.480 e. The van der Waals surface area contributed by atoms with Crippen molar-refractivity contribution in [2.75, 3.05) is 5.32 Å². The SMILES string of the molecule is CCc1cccc(NC(=O)NC(C(=O)O)C(C)CC)c1. The number of hydrogen-bond acceptors (Lipinski definition) is 2. The Kier molecular flexibility index (Phi) is 6.03. The van der Waals surface area contributed by atoms with Gasteiger partial charge in [-0.1, -0.05) is 39.3 Å². The number of aryl methyl sites for hydroxylation is 1. The zero-order valence-corrected chi connectivity index (χ0v) is 12.1. The number of carboxylic acids is 1. The van der Waals surface area contributed by atoms with Crippen LogP contribution in [0, 0.1) is 5.92 Å². The van der Waals surface area contributed by atoms with Gasteiger partial charge in [0.25, 0.3) is 0 Å². The van der Waals surface area contributed by atoms with Crippen molar-refractivity contribution in [1.29, 1.82) is 0 Å². The third-order valence-electron chi connectivity index (χ3n) is 3.36. The van der Waals surface area contributed by atoms with E-state index >= 15 is 0 Å². The number of anilines is 1.